The smallest absolute Gasteiger partial charge is 0.136 e. The molecule has 3 aliphatic carbocycles. The molecule has 2 nitrogen and oxygen atoms in total. The fourth-order valence-corrected chi connectivity index (χ4v) is 5.36. The summed E-state index contributed by atoms with van der Waals surface area (Å²) in [6.07, 6.45) is 10.5. The Labute approximate surface area is 130 Å². The minimum absolute atomic E-state index is 0.241. The van der Waals surface area contributed by atoms with Crippen LogP contribution in [0.4, 0.5) is 0 Å². The molecule has 2 fully saturated rings. The predicted octanol–water partition coefficient (Wildman–Crippen LogP) is 4.48. The molecule has 2 N–H and O–H groups in total. The van der Waals surface area contributed by atoms with E-state index in [1.54, 1.807) is 5.57 Å². The van der Waals surface area contributed by atoms with Crippen LogP contribution in [0.15, 0.2) is 11.6 Å². The van der Waals surface area contributed by atoms with Gasteiger partial charge in [-0.2, -0.15) is 0 Å². The van der Waals surface area contributed by atoms with E-state index in [2.05, 4.69) is 19.9 Å². The Bertz CT molecular complexity index is 427. The summed E-state index contributed by atoms with van der Waals surface area (Å²) in [5, 5.41) is 0. The highest BCUT2D eigenvalue weighted by molar-refractivity contribution is 5.82. The Balaban J connectivity index is 0.000000774. The van der Waals surface area contributed by atoms with Crippen molar-refractivity contribution in [2.75, 3.05) is 6.54 Å². The monoisotopic (exact) mass is 291 g/mol. The van der Waals surface area contributed by atoms with Crippen LogP contribution in [0.5, 0.6) is 0 Å². The zero-order chi connectivity index (χ0) is 15.7. The van der Waals surface area contributed by atoms with Gasteiger partial charge in [0.15, 0.2) is 0 Å². The van der Waals surface area contributed by atoms with E-state index in [1.165, 1.54) is 32.1 Å². The van der Waals surface area contributed by atoms with Gasteiger partial charge in [0.05, 0.1) is 0 Å². The molecular formula is C19H33NO. The highest BCUT2D eigenvalue weighted by atomic mass is 16.1. The van der Waals surface area contributed by atoms with Gasteiger partial charge in [-0.15, -0.1) is 0 Å². The zero-order valence-electron chi connectivity index (χ0n) is 14.4. The number of Topliss-reactive ketones (excluding diaryl/α,β-unsaturated/α-hetero) is 1. The Morgan fingerprint density at radius 2 is 2.00 bits per heavy atom. The number of hydrogen-bond donors (Lipinski definition) is 1. The molecule has 0 aromatic heterocycles. The van der Waals surface area contributed by atoms with E-state index in [9.17, 15) is 4.79 Å². The minimum atomic E-state index is 0.241. The van der Waals surface area contributed by atoms with Crippen molar-refractivity contribution < 1.29 is 4.79 Å². The lowest BCUT2D eigenvalue weighted by Crippen LogP contribution is -2.52. The van der Waals surface area contributed by atoms with Gasteiger partial charge in [-0.25, -0.2) is 0 Å². The number of rotatable bonds is 1. The van der Waals surface area contributed by atoms with E-state index in [4.69, 9.17) is 5.73 Å². The molecule has 0 aromatic carbocycles. The van der Waals surface area contributed by atoms with Gasteiger partial charge in [0.2, 0.25) is 0 Å². The van der Waals surface area contributed by atoms with Gasteiger partial charge in [0, 0.05) is 24.3 Å². The maximum atomic E-state index is 12.1. The molecule has 0 aliphatic heterocycles. The largest absolute Gasteiger partial charge is 0.330 e. The van der Waals surface area contributed by atoms with Crippen LogP contribution in [0, 0.1) is 22.7 Å². The van der Waals surface area contributed by atoms with Crippen molar-refractivity contribution in [3.8, 4) is 0 Å². The van der Waals surface area contributed by atoms with Crippen molar-refractivity contribution in [3.05, 3.63) is 11.6 Å². The molecule has 3 rings (SSSR count). The Hall–Kier alpha value is -0.630. The molecule has 4 unspecified atom stereocenters. The molecule has 0 amide bonds. The van der Waals surface area contributed by atoms with Crippen LogP contribution in [0.1, 0.15) is 72.6 Å². The molecule has 0 aromatic rings. The molecule has 0 heterocycles. The zero-order valence-corrected chi connectivity index (χ0v) is 14.4. The molecule has 0 spiro atoms. The third-order valence-electron chi connectivity index (χ3n) is 6.54. The number of carbonyl (C=O) groups is 1. The summed E-state index contributed by atoms with van der Waals surface area (Å²) in [5.41, 5.74) is 8.32. The summed E-state index contributed by atoms with van der Waals surface area (Å²) in [6, 6.07) is 0. The van der Waals surface area contributed by atoms with Gasteiger partial charge in [0.25, 0.3) is 0 Å². The Morgan fingerprint density at radius 3 is 2.67 bits per heavy atom. The molecule has 3 aliphatic rings. The van der Waals surface area contributed by atoms with Crippen molar-refractivity contribution in [2.45, 2.75) is 72.6 Å². The van der Waals surface area contributed by atoms with E-state index in [0.717, 1.165) is 19.4 Å². The first-order chi connectivity index (χ1) is 10.0. The second-order valence-corrected chi connectivity index (χ2v) is 7.31. The maximum absolute atomic E-state index is 12.1. The second-order valence-electron chi connectivity index (χ2n) is 7.31. The first-order valence-electron chi connectivity index (χ1n) is 8.97. The van der Waals surface area contributed by atoms with Crippen LogP contribution in [0.2, 0.25) is 0 Å². The third kappa shape index (κ3) is 2.50. The fourth-order valence-electron chi connectivity index (χ4n) is 5.36. The molecule has 0 radical (unpaired) electrons. The van der Waals surface area contributed by atoms with Gasteiger partial charge in [-0.05, 0) is 49.9 Å². The lowest BCUT2D eigenvalue weighted by Gasteiger charge is -2.58. The summed E-state index contributed by atoms with van der Waals surface area (Å²) in [4.78, 5) is 12.1. The van der Waals surface area contributed by atoms with Crippen molar-refractivity contribution >= 4 is 5.78 Å². The molecule has 0 saturated heterocycles. The number of fused-ring (bicyclic) bond motifs is 3. The van der Waals surface area contributed by atoms with Crippen LogP contribution < -0.4 is 5.73 Å². The van der Waals surface area contributed by atoms with Gasteiger partial charge in [0.1, 0.15) is 5.78 Å². The highest BCUT2D eigenvalue weighted by Crippen LogP contribution is 2.62. The van der Waals surface area contributed by atoms with E-state index in [0.29, 0.717) is 11.7 Å². The van der Waals surface area contributed by atoms with Gasteiger partial charge < -0.3 is 5.73 Å². The summed E-state index contributed by atoms with van der Waals surface area (Å²) >= 11 is 0. The Morgan fingerprint density at radius 1 is 1.29 bits per heavy atom. The predicted molar refractivity (Wildman–Crippen MR) is 89.0 cm³/mol. The summed E-state index contributed by atoms with van der Waals surface area (Å²) in [7, 11) is 0. The molecule has 4 atom stereocenters. The summed E-state index contributed by atoms with van der Waals surface area (Å²) < 4.78 is 0. The Kier molecular flexibility index (Phi) is 4.97. The van der Waals surface area contributed by atoms with Crippen LogP contribution in [-0.2, 0) is 4.79 Å². The van der Waals surface area contributed by atoms with Gasteiger partial charge in [-0.3, -0.25) is 4.79 Å². The molecule has 21 heavy (non-hydrogen) atoms. The highest BCUT2D eigenvalue weighted by Gasteiger charge is 2.55. The third-order valence-corrected chi connectivity index (χ3v) is 6.54. The summed E-state index contributed by atoms with van der Waals surface area (Å²) in [5.74, 6) is 1.29. The number of nitrogens with two attached hydrogens (primary N) is 1. The number of allylic oxidation sites excluding steroid dienone is 1. The van der Waals surface area contributed by atoms with Gasteiger partial charge >= 0.3 is 0 Å². The van der Waals surface area contributed by atoms with E-state index >= 15 is 0 Å². The summed E-state index contributed by atoms with van der Waals surface area (Å²) in [6.45, 7) is 9.37. The number of carbonyl (C=O) groups excluding carboxylic acids is 1. The van der Waals surface area contributed by atoms with Crippen LogP contribution in [0.3, 0.4) is 0 Å². The lowest BCUT2D eigenvalue weighted by atomic mass is 9.47. The average molecular weight is 291 g/mol. The topological polar surface area (TPSA) is 43.1 Å². The SMILES string of the molecule is CC.CC1C(=O)CCC2(C)C3=CCCCC3(CN)CCC12. The number of ketones is 1. The van der Waals surface area contributed by atoms with Crippen LogP contribution >= 0.6 is 0 Å². The van der Waals surface area contributed by atoms with Crippen molar-refractivity contribution in [3.63, 3.8) is 0 Å². The van der Waals surface area contributed by atoms with Crippen molar-refractivity contribution in [2.24, 2.45) is 28.4 Å². The molecule has 120 valence electrons. The quantitative estimate of drug-likeness (QED) is 0.724. The molecule has 2 saturated carbocycles. The van der Waals surface area contributed by atoms with Crippen molar-refractivity contribution in [1.82, 2.24) is 0 Å². The molecular weight excluding hydrogens is 258 g/mol. The minimum Gasteiger partial charge on any atom is -0.330 e. The maximum Gasteiger partial charge on any atom is 0.136 e. The van der Waals surface area contributed by atoms with Crippen LogP contribution in [-0.4, -0.2) is 12.3 Å². The normalized spacial score (nSPS) is 42.1. The average Bonchev–Trinajstić information content (AvgIpc) is 2.53. The molecule has 0 bridgehead atoms. The van der Waals surface area contributed by atoms with E-state index in [1.807, 2.05) is 13.8 Å². The van der Waals surface area contributed by atoms with E-state index in [-0.39, 0.29) is 16.7 Å². The second kappa shape index (κ2) is 6.24. The molecule has 2 heteroatoms. The van der Waals surface area contributed by atoms with Gasteiger partial charge in [-0.1, -0.05) is 39.3 Å². The lowest BCUT2D eigenvalue weighted by molar-refractivity contribution is -0.131. The van der Waals surface area contributed by atoms with Crippen molar-refractivity contribution in [1.29, 1.82) is 0 Å². The fraction of sp³-hybridized carbons (Fsp3) is 0.842. The standard InChI is InChI=1S/C17H27NO.C2H6/c1-12-13-6-10-17(11-18)8-4-3-5-15(17)16(13,2)9-7-14(12)19;1-2/h5,12-13H,3-4,6-11,18H2,1-2H3;1-2H3. The first kappa shape index (κ1) is 16.7. The van der Waals surface area contributed by atoms with Crippen LogP contribution in [0.25, 0.3) is 0 Å². The first-order valence-corrected chi connectivity index (χ1v) is 8.97. The van der Waals surface area contributed by atoms with E-state index < -0.39 is 0 Å². The number of hydrogen-bond acceptors (Lipinski definition) is 2.